The van der Waals surface area contributed by atoms with E-state index in [-0.39, 0.29) is 11.3 Å². The Morgan fingerprint density at radius 1 is 1.47 bits per heavy atom. The molecule has 0 spiro atoms. The third-order valence-corrected chi connectivity index (χ3v) is 2.54. The molecule has 1 amide bonds. The van der Waals surface area contributed by atoms with E-state index in [2.05, 4.69) is 10.6 Å². The highest BCUT2D eigenvalue weighted by Crippen LogP contribution is 2.27. The molecule has 7 heteroatoms. The van der Waals surface area contributed by atoms with Crippen molar-refractivity contribution in [1.82, 2.24) is 5.32 Å². The molecule has 2 N–H and O–H groups in total. The van der Waals surface area contributed by atoms with Crippen LogP contribution in [0.1, 0.15) is 16.8 Å². The first-order valence-electron chi connectivity index (χ1n) is 5.84. The fourth-order valence-electron chi connectivity index (χ4n) is 1.64. The number of anilines is 1. The quantitative estimate of drug-likeness (QED) is 0.442. The van der Waals surface area contributed by atoms with Crippen molar-refractivity contribution in [3.63, 3.8) is 0 Å². The van der Waals surface area contributed by atoms with Crippen LogP contribution in [0.15, 0.2) is 18.2 Å². The number of rotatable bonds is 7. The zero-order valence-corrected chi connectivity index (χ0v) is 10.9. The maximum absolute atomic E-state index is 11.9. The van der Waals surface area contributed by atoms with Crippen molar-refractivity contribution in [1.29, 1.82) is 0 Å². The van der Waals surface area contributed by atoms with E-state index in [4.69, 9.17) is 4.74 Å². The molecule has 0 aliphatic carbocycles. The third-order valence-electron chi connectivity index (χ3n) is 2.54. The molecule has 0 saturated heterocycles. The second kappa shape index (κ2) is 7.32. The van der Waals surface area contributed by atoms with Crippen molar-refractivity contribution in [2.24, 2.45) is 0 Å². The topological polar surface area (TPSA) is 93.5 Å². The van der Waals surface area contributed by atoms with E-state index < -0.39 is 10.8 Å². The number of carbonyl (C=O) groups excluding carboxylic acids is 1. The Hall–Kier alpha value is -2.15. The summed E-state index contributed by atoms with van der Waals surface area (Å²) in [6.45, 7) is 0.937. The molecular weight excluding hydrogens is 250 g/mol. The number of hydrogen-bond acceptors (Lipinski definition) is 5. The molecule has 0 aliphatic heterocycles. The lowest BCUT2D eigenvalue weighted by atomic mass is 10.1. The van der Waals surface area contributed by atoms with Gasteiger partial charge in [0.1, 0.15) is 11.3 Å². The first-order valence-corrected chi connectivity index (χ1v) is 5.84. The minimum Gasteiger partial charge on any atom is -0.385 e. The SMILES string of the molecule is CNc1cccc(C(=O)NCCCOC)c1[N+](=O)[O-]. The van der Waals surface area contributed by atoms with E-state index in [1.165, 1.54) is 6.07 Å². The fraction of sp³-hybridized carbons (Fsp3) is 0.417. The van der Waals surface area contributed by atoms with Crippen LogP contribution < -0.4 is 10.6 Å². The highest BCUT2D eigenvalue weighted by molar-refractivity contribution is 6.00. The van der Waals surface area contributed by atoms with Gasteiger partial charge in [-0.2, -0.15) is 0 Å². The predicted molar refractivity (Wildman–Crippen MR) is 71.5 cm³/mol. The van der Waals surface area contributed by atoms with Crippen LogP contribution in [0.4, 0.5) is 11.4 Å². The number of hydrogen-bond donors (Lipinski definition) is 2. The zero-order chi connectivity index (χ0) is 14.3. The molecule has 0 unspecified atom stereocenters. The number of nitrogens with one attached hydrogen (secondary N) is 2. The van der Waals surface area contributed by atoms with Crippen LogP contribution >= 0.6 is 0 Å². The minimum atomic E-state index is -0.560. The molecule has 104 valence electrons. The van der Waals surface area contributed by atoms with Crippen molar-refractivity contribution in [2.75, 3.05) is 32.6 Å². The molecule has 0 aliphatic rings. The smallest absolute Gasteiger partial charge is 0.305 e. The van der Waals surface area contributed by atoms with Crippen LogP contribution in [-0.2, 0) is 4.74 Å². The summed E-state index contributed by atoms with van der Waals surface area (Å²) < 4.78 is 4.86. The zero-order valence-electron chi connectivity index (χ0n) is 10.9. The van der Waals surface area contributed by atoms with Gasteiger partial charge in [0.25, 0.3) is 5.91 Å². The molecule has 19 heavy (non-hydrogen) atoms. The van der Waals surface area contributed by atoms with Crippen LogP contribution in [0.2, 0.25) is 0 Å². The fourth-order valence-corrected chi connectivity index (χ4v) is 1.64. The largest absolute Gasteiger partial charge is 0.385 e. The van der Waals surface area contributed by atoms with Gasteiger partial charge < -0.3 is 15.4 Å². The summed E-state index contributed by atoms with van der Waals surface area (Å²) in [5.74, 6) is -0.458. The molecule has 0 aromatic heterocycles. The number of ether oxygens (including phenoxy) is 1. The lowest BCUT2D eigenvalue weighted by Gasteiger charge is -2.08. The monoisotopic (exact) mass is 267 g/mol. The van der Waals surface area contributed by atoms with Gasteiger partial charge in [-0.1, -0.05) is 6.07 Å². The average Bonchev–Trinajstić information content (AvgIpc) is 2.42. The number of amides is 1. The van der Waals surface area contributed by atoms with Gasteiger partial charge in [-0.05, 0) is 18.6 Å². The van der Waals surface area contributed by atoms with E-state index in [9.17, 15) is 14.9 Å². The minimum absolute atomic E-state index is 0.0502. The Bertz CT molecular complexity index is 462. The molecule has 1 aromatic carbocycles. The summed E-state index contributed by atoms with van der Waals surface area (Å²) in [4.78, 5) is 22.4. The summed E-state index contributed by atoms with van der Waals surface area (Å²) in [6.07, 6.45) is 0.655. The van der Waals surface area contributed by atoms with Gasteiger partial charge in [-0.3, -0.25) is 14.9 Å². The molecule has 0 radical (unpaired) electrons. The predicted octanol–water partition coefficient (Wildman–Crippen LogP) is 1.40. The van der Waals surface area contributed by atoms with Gasteiger partial charge in [0.05, 0.1) is 4.92 Å². The molecular formula is C12H17N3O4. The Balaban J connectivity index is 2.87. The maximum atomic E-state index is 11.9. The van der Waals surface area contributed by atoms with Crippen LogP contribution in [0, 0.1) is 10.1 Å². The van der Waals surface area contributed by atoms with E-state index >= 15 is 0 Å². The number of nitro groups is 1. The highest BCUT2D eigenvalue weighted by Gasteiger charge is 2.23. The van der Waals surface area contributed by atoms with E-state index in [0.717, 1.165) is 0 Å². The van der Waals surface area contributed by atoms with Gasteiger partial charge in [0, 0.05) is 27.3 Å². The molecule has 0 bridgehead atoms. The molecule has 0 fully saturated rings. The number of nitrogens with zero attached hydrogens (tertiary/aromatic N) is 1. The van der Waals surface area contributed by atoms with Crippen molar-refractivity contribution >= 4 is 17.3 Å². The molecule has 0 atom stereocenters. The Labute approximate surface area is 111 Å². The van der Waals surface area contributed by atoms with Crippen molar-refractivity contribution in [2.45, 2.75) is 6.42 Å². The molecule has 1 aromatic rings. The van der Waals surface area contributed by atoms with Gasteiger partial charge in [-0.25, -0.2) is 0 Å². The molecule has 0 heterocycles. The lowest BCUT2D eigenvalue weighted by molar-refractivity contribution is -0.384. The van der Waals surface area contributed by atoms with E-state index in [0.29, 0.717) is 25.3 Å². The number of carbonyl (C=O) groups is 1. The number of benzene rings is 1. The Morgan fingerprint density at radius 3 is 2.79 bits per heavy atom. The number of nitro benzene ring substituents is 1. The van der Waals surface area contributed by atoms with Crippen LogP contribution in [0.25, 0.3) is 0 Å². The maximum Gasteiger partial charge on any atom is 0.305 e. The Kier molecular flexibility index (Phi) is 5.74. The van der Waals surface area contributed by atoms with Crippen molar-refractivity contribution in [3.05, 3.63) is 33.9 Å². The standard InChI is InChI=1S/C12H17N3O4/c1-13-10-6-3-5-9(11(10)15(17)18)12(16)14-7-4-8-19-2/h3,5-6,13H,4,7-8H2,1-2H3,(H,14,16). The van der Waals surface area contributed by atoms with Gasteiger partial charge >= 0.3 is 5.69 Å². The van der Waals surface area contributed by atoms with E-state index in [1.54, 1.807) is 26.3 Å². The molecule has 0 saturated carbocycles. The summed E-state index contributed by atoms with van der Waals surface area (Å²) in [7, 11) is 3.14. The number of methoxy groups -OCH3 is 1. The molecule has 7 nitrogen and oxygen atoms in total. The van der Waals surface area contributed by atoms with Crippen LogP contribution in [-0.4, -0.2) is 38.1 Å². The second-order valence-corrected chi connectivity index (χ2v) is 3.81. The summed E-state index contributed by atoms with van der Waals surface area (Å²) in [5, 5.41) is 16.4. The van der Waals surface area contributed by atoms with E-state index in [1.807, 2.05) is 0 Å². The van der Waals surface area contributed by atoms with Gasteiger partial charge in [0.15, 0.2) is 0 Å². The van der Waals surface area contributed by atoms with Crippen molar-refractivity contribution < 1.29 is 14.5 Å². The van der Waals surface area contributed by atoms with Crippen LogP contribution in [0.3, 0.4) is 0 Å². The second-order valence-electron chi connectivity index (χ2n) is 3.81. The lowest BCUT2D eigenvalue weighted by Crippen LogP contribution is -2.26. The first-order chi connectivity index (χ1) is 9.11. The van der Waals surface area contributed by atoms with Gasteiger partial charge in [0.2, 0.25) is 0 Å². The summed E-state index contributed by atoms with van der Waals surface area (Å²) in [6, 6.07) is 4.59. The van der Waals surface area contributed by atoms with Crippen molar-refractivity contribution in [3.8, 4) is 0 Å². The number of para-hydroxylation sites is 1. The summed E-state index contributed by atoms with van der Waals surface area (Å²) in [5.41, 5.74) is 0.151. The average molecular weight is 267 g/mol. The highest BCUT2D eigenvalue weighted by atomic mass is 16.6. The molecule has 1 rings (SSSR count). The van der Waals surface area contributed by atoms with Crippen LogP contribution in [0.5, 0.6) is 0 Å². The van der Waals surface area contributed by atoms with Gasteiger partial charge in [-0.15, -0.1) is 0 Å². The normalized spacial score (nSPS) is 10.0. The Morgan fingerprint density at radius 2 is 2.21 bits per heavy atom. The summed E-state index contributed by atoms with van der Waals surface area (Å²) >= 11 is 0. The third kappa shape index (κ3) is 3.92. The first kappa shape index (κ1) is 14.9.